The first kappa shape index (κ1) is 14.1. The van der Waals surface area contributed by atoms with E-state index in [1.54, 1.807) is 17.0 Å². The molecule has 5 nitrogen and oxygen atoms in total. The van der Waals surface area contributed by atoms with Crippen molar-refractivity contribution in [2.45, 2.75) is 33.2 Å². The number of hydrogen-bond donors (Lipinski definition) is 1. The molecule has 0 aliphatic carbocycles. The number of hydrogen-bond acceptors (Lipinski definition) is 4. The molecule has 1 aromatic rings. The van der Waals surface area contributed by atoms with Gasteiger partial charge in [-0.3, -0.25) is 4.79 Å². The highest BCUT2D eigenvalue weighted by Gasteiger charge is 2.22. The molecule has 1 N–H and O–H groups in total. The maximum atomic E-state index is 12.3. The summed E-state index contributed by atoms with van der Waals surface area (Å²) in [5, 5.41) is 3.40. The van der Waals surface area contributed by atoms with Crippen LogP contribution in [-0.4, -0.2) is 35.7 Å². The zero-order valence-electron chi connectivity index (χ0n) is 11.9. The maximum Gasteiger partial charge on any atom is 0.293 e. The monoisotopic (exact) mass is 264 g/mol. The van der Waals surface area contributed by atoms with E-state index in [0.29, 0.717) is 18.3 Å². The van der Waals surface area contributed by atoms with Crippen LogP contribution in [-0.2, 0) is 6.54 Å². The molecule has 1 fully saturated rings. The van der Waals surface area contributed by atoms with E-state index in [9.17, 15) is 4.79 Å². The van der Waals surface area contributed by atoms with Gasteiger partial charge in [-0.15, -0.1) is 0 Å². The van der Waals surface area contributed by atoms with Crippen molar-refractivity contribution in [1.82, 2.24) is 14.9 Å². The molecule has 0 spiro atoms. The molecule has 1 saturated heterocycles. The van der Waals surface area contributed by atoms with Crippen LogP contribution in [0.5, 0.6) is 0 Å². The smallest absolute Gasteiger partial charge is 0.293 e. The van der Waals surface area contributed by atoms with Crippen molar-refractivity contribution >= 4 is 5.82 Å². The lowest BCUT2D eigenvalue weighted by Crippen LogP contribution is -2.43. The molecule has 0 amide bonds. The summed E-state index contributed by atoms with van der Waals surface area (Å²) in [6.07, 6.45) is 5.86. The minimum Gasteiger partial charge on any atom is -0.352 e. The van der Waals surface area contributed by atoms with Crippen LogP contribution in [0.25, 0.3) is 0 Å². The number of piperidine rings is 1. The number of rotatable bonds is 5. The molecule has 2 rings (SSSR count). The fraction of sp³-hybridized carbons (Fsp3) is 0.714. The van der Waals surface area contributed by atoms with Crippen LogP contribution in [0, 0.1) is 5.92 Å². The molecule has 106 valence electrons. The summed E-state index contributed by atoms with van der Waals surface area (Å²) in [6, 6.07) is 0. The predicted octanol–water partition coefficient (Wildman–Crippen LogP) is 1.09. The second kappa shape index (κ2) is 6.70. The lowest BCUT2D eigenvalue weighted by Gasteiger charge is -2.33. The fourth-order valence-electron chi connectivity index (χ4n) is 2.67. The lowest BCUT2D eigenvalue weighted by molar-refractivity contribution is 0.393. The molecule has 5 heteroatoms. The maximum absolute atomic E-state index is 12.3. The third-order valence-corrected chi connectivity index (χ3v) is 3.74. The van der Waals surface area contributed by atoms with Gasteiger partial charge in [0.15, 0.2) is 5.82 Å². The van der Waals surface area contributed by atoms with E-state index in [0.717, 1.165) is 32.6 Å². The summed E-state index contributed by atoms with van der Waals surface area (Å²) in [4.78, 5) is 18.7. The summed E-state index contributed by atoms with van der Waals surface area (Å²) in [7, 11) is 0. The van der Waals surface area contributed by atoms with E-state index in [4.69, 9.17) is 0 Å². The molecule has 1 aliphatic heterocycles. The predicted molar refractivity (Wildman–Crippen MR) is 77.7 cm³/mol. The Morgan fingerprint density at radius 1 is 1.47 bits per heavy atom. The Balaban J connectivity index is 2.11. The van der Waals surface area contributed by atoms with Gasteiger partial charge in [0.25, 0.3) is 5.56 Å². The number of nitrogens with zero attached hydrogens (tertiary/aromatic N) is 3. The van der Waals surface area contributed by atoms with Crippen molar-refractivity contribution in [3.63, 3.8) is 0 Å². The molecule has 1 atom stereocenters. The third-order valence-electron chi connectivity index (χ3n) is 3.74. The molecule has 0 aromatic carbocycles. The topological polar surface area (TPSA) is 50.2 Å². The second-order valence-electron chi connectivity index (χ2n) is 5.10. The Morgan fingerprint density at radius 2 is 2.32 bits per heavy atom. The second-order valence-corrected chi connectivity index (χ2v) is 5.10. The van der Waals surface area contributed by atoms with Gasteiger partial charge in [0.2, 0.25) is 0 Å². The zero-order valence-corrected chi connectivity index (χ0v) is 11.9. The van der Waals surface area contributed by atoms with Gasteiger partial charge in [-0.25, -0.2) is 4.98 Å². The average Bonchev–Trinajstić information content (AvgIpc) is 2.45. The van der Waals surface area contributed by atoms with Gasteiger partial charge in [0.05, 0.1) is 0 Å². The van der Waals surface area contributed by atoms with Crippen LogP contribution in [0.4, 0.5) is 5.82 Å². The SMILES string of the molecule is CCNCC1CCCN(c2nccn(CC)c2=O)C1. The molecule has 19 heavy (non-hydrogen) atoms. The van der Waals surface area contributed by atoms with E-state index in [1.807, 2.05) is 6.92 Å². The highest BCUT2D eigenvalue weighted by Crippen LogP contribution is 2.18. The van der Waals surface area contributed by atoms with Crippen molar-refractivity contribution in [3.05, 3.63) is 22.7 Å². The summed E-state index contributed by atoms with van der Waals surface area (Å²) in [5.74, 6) is 1.23. The molecule has 0 saturated carbocycles. The molecule has 0 radical (unpaired) electrons. The first-order chi connectivity index (χ1) is 9.26. The van der Waals surface area contributed by atoms with Crippen molar-refractivity contribution < 1.29 is 0 Å². The van der Waals surface area contributed by atoms with E-state index in [-0.39, 0.29) is 5.56 Å². The van der Waals surface area contributed by atoms with Crippen LogP contribution < -0.4 is 15.8 Å². The van der Waals surface area contributed by atoms with Crippen molar-refractivity contribution in [2.24, 2.45) is 5.92 Å². The van der Waals surface area contributed by atoms with Gasteiger partial charge in [0.1, 0.15) is 0 Å². The molecule has 0 bridgehead atoms. The Kier molecular flexibility index (Phi) is 4.96. The molecule has 1 aromatic heterocycles. The number of anilines is 1. The fourth-order valence-corrected chi connectivity index (χ4v) is 2.67. The number of aryl methyl sites for hydroxylation is 1. The standard InChI is InChI=1S/C14H24N4O/c1-3-15-10-12-6-5-8-18(11-12)13-14(19)17(4-2)9-7-16-13/h7,9,12,15H,3-6,8,10-11H2,1-2H3. The van der Waals surface area contributed by atoms with Crippen molar-refractivity contribution in [1.29, 1.82) is 0 Å². The molecule has 1 aliphatic rings. The zero-order chi connectivity index (χ0) is 13.7. The Labute approximate surface area is 114 Å². The van der Waals surface area contributed by atoms with Crippen LogP contribution >= 0.6 is 0 Å². The third kappa shape index (κ3) is 3.35. The molecule has 1 unspecified atom stereocenters. The van der Waals surface area contributed by atoms with E-state index in [1.165, 1.54) is 6.42 Å². The van der Waals surface area contributed by atoms with Gasteiger partial charge in [0, 0.05) is 32.0 Å². The first-order valence-electron chi connectivity index (χ1n) is 7.27. The average molecular weight is 264 g/mol. The Morgan fingerprint density at radius 3 is 3.05 bits per heavy atom. The Hall–Kier alpha value is -1.36. The summed E-state index contributed by atoms with van der Waals surface area (Å²) >= 11 is 0. The van der Waals surface area contributed by atoms with Gasteiger partial charge in [-0.2, -0.15) is 0 Å². The van der Waals surface area contributed by atoms with Gasteiger partial charge >= 0.3 is 0 Å². The van der Waals surface area contributed by atoms with Crippen molar-refractivity contribution in [3.8, 4) is 0 Å². The summed E-state index contributed by atoms with van der Waals surface area (Å²) in [6.45, 7) is 8.71. The lowest BCUT2D eigenvalue weighted by atomic mass is 9.98. The minimum atomic E-state index is 0.0362. The summed E-state index contributed by atoms with van der Waals surface area (Å²) < 4.78 is 1.72. The van der Waals surface area contributed by atoms with Crippen LogP contribution in [0.2, 0.25) is 0 Å². The number of nitrogens with one attached hydrogen (secondary N) is 1. The van der Waals surface area contributed by atoms with Gasteiger partial charge in [-0.1, -0.05) is 6.92 Å². The van der Waals surface area contributed by atoms with Crippen LogP contribution in [0.3, 0.4) is 0 Å². The molecular formula is C14H24N4O. The normalized spacial score (nSPS) is 19.7. The van der Waals surface area contributed by atoms with Gasteiger partial charge < -0.3 is 14.8 Å². The highest BCUT2D eigenvalue weighted by molar-refractivity contribution is 5.36. The Bertz CT molecular complexity index is 457. The van der Waals surface area contributed by atoms with E-state index >= 15 is 0 Å². The van der Waals surface area contributed by atoms with E-state index in [2.05, 4.69) is 22.1 Å². The number of aromatic nitrogens is 2. The quantitative estimate of drug-likeness (QED) is 0.865. The van der Waals surface area contributed by atoms with E-state index < -0.39 is 0 Å². The first-order valence-corrected chi connectivity index (χ1v) is 7.27. The molecular weight excluding hydrogens is 240 g/mol. The highest BCUT2D eigenvalue weighted by atomic mass is 16.1. The summed E-state index contributed by atoms with van der Waals surface area (Å²) in [5.41, 5.74) is 0.0362. The van der Waals surface area contributed by atoms with Crippen LogP contribution in [0.15, 0.2) is 17.2 Å². The molecule has 2 heterocycles. The van der Waals surface area contributed by atoms with Crippen LogP contribution in [0.1, 0.15) is 26.7 Å². The largest absolute Gasteiger partial charge is 0.352 e. The van der Waals surface area contributed by atoms with Gasteiger partial charge in [-0.05, 0) is 38.8 Å². The van der Waals surface area contributed by atoms with Crippen molar-refractivity contribution in [2.75, 3.05) is 31.1 Å². The minimum absolute atomic E-state index is 0.0362.